The molecule has 0 saturated carbocycles. The highest BCUT2D eigenvalue weighted by atomic mass is 16.7. The van der Waals surface area contributed by atoms with Gasteiger partial charge in [-0.3, -0.25) is 0 Å². The summed E-state index contributed by atoms with van der Waals surface area (Å²) in [6.45, 7) is 3.76. The van der Waals surface area contributed by atoms with Crippen molar-refractivity contribution >= 4 is 6.16 Å². The summed E-state index contributed by atoms with van der Waals surface area (Å²) < 4.78 is 10.2. The Morgan fingerprint density at radius 2 is 2.00 bits per heavy atom. The zero-order valence-corrected chi connectivity index (χ0v) is 8.41. The van der Waals surface area contributed by atoms with Crippen molar-refractivity contribution in [3.63, 3.8) is 0 Å². The van der Waals surface area contributed by atoms with Gasteiger partial charge in [0.2, 0.25) is 0 Å². The number of carbonyl (C=O) groups excluding carboxylic acids is 1. The van der Waals surface area contributed by atoms with Gasteiger partial charge in [-0.2, -0.15) is 0 Å². The SMILES string of the molecule is COC(=O)OCC[N+]1(C)CCCC1. The first-order chi connectivity index (χ1) is 6.16. The molecule has 0 N–H and O–H groups in total. The third kappa shape index (κ3) is 3.22. The topological polar surface area (TPSA) is 35.5 Å². The van der Waals surface area contributed by atoms with Crippen molar-refractivity contribution in [1.82, 2.24) is 0 Å². The molecule has 0 aromatic carbocycles. The second-order valence-corrected chi connectivity index (χ2v) is 3.80. The van der Waals surface area contributed by atoms with Crippen molar-refractivity contribution in [3.8, 4) is 0 Å². The first-order valence-electron chi connectivity index (χ1n) is 4.71. The van der Waals surface area contributed by atoms with E-state index >= 15 is 0 Å². The van der Waals surface area contributed by atoms with Crippen molar-refractivity contribution in [1.29, 1.82) is 0 Å². The van der Waals surface area contributed by atoms with Gasteiger partial charge in [0.1, 0.15) is 13.2 Å². The summed E-state index contributed by atoms with van der Waals surface area (Å²) in [7, 11) is 3.53. The van der Waals surface area contributed by atoms with E-state index in [1.807, 2.05) is 0 Å². The van der Waals surface area contributed by atoms with Crippen molar-refractivity contribution in [2.24, 2.45) is 0 Å². The number of nitrogens with zero attached hydrogens (tertiary/aromatic N) is 1. The Balaban J connectivity index is 2.14. The first kappa shape index (κ1) is 10.3. The van der Waals surface area contributed by atoms with Crippen LogP contribution in [-0.4, -0.2) is 51.0 Å². The van der Waals surface area contributed by atoms with E-state index in [-0.39, 0.29) is 0 Å². The highest BCUT2D eigenvalue weighted by molar-refractivity contribution is 5.59. The molecule has 0 radical (unpaired) electrons. The molecule has 76 valence electrons. The van der Waals surface area contributed by atoms with E-state index in [1.165, 1.54) is 33.0 Å². The summed E-state index contributed by atoms with van der Waals surface area (Å²) in [5.41, 5.74) is 0. The van der Waals surface area contributed by atoms with E-state index in [0.29, 0.717) is 6.61 Å². The molecule has 13 heavy (non-hydrogen) atoms. The van der Waals surface area contributed by atoms with E-state index in [2.05, 4.69) is 11.8 Å². The molecule has 1 aliphatic heterocycles. The van der Waals surface area contributed by atoms with Crippen LogP contribution in [0.5, 0.6) is 0 Å². The minimum atomic E-state index is -0.578. The maximum atomic E-state index is 10.6. The molecule has 0 aromatic heterocycles. The Morgan fingerprint density at radius 1 is 1.38 bits per heavy atom. The molecule has 1 fully saturated rings. The van der Waals surface area contributed by atoms with Gasteiger partial charge in [0.25, 0.3) is 0 Å². The normalized spacial score (nSPS) is 19.8. The number of likely N-dealkylation sites (N-methyl/N-ethyl adjacent to an activating group) is 1. The van der Waals surface area contributed by atoms with Crippen LogP contribution in [0.3, 0.4) is 0 Å². The second kappa shape index (κ2) is 4.46. The molecule has 0 bridgehead atoms. The van der Waals surface area contributed by atoms with Crippen LogP contribution in [0.4, 0.5) is 4.79 Å². The fourth-order valence-electron chi connectivity index (χ4n) is 1.73. The molecule has 0 amide bonds. The summed E-state index contributed by atoms with van der Waals surface area (Å²) in [4.78, 5) is 10.6. The maximum absolute atomic E-state index is 10.6. The summed E-state index contributed by atoms with van der Waals surface area (Å²) >= 11 is 0. The average Bonchev–Trinajstić information content (AvgIpc) is 2.52. The molecule has 1 heterocycles. The summed E-state index contributed by atoms with van der Waals surface area (Å²) in [5.74, 6) is 0. The third-order valence-electron chi connectivity index (χ3n) is 2.66. The van der Waals surface area contributed by atoms with Crippen LogP contribution in [0, 0.1) is 0 Å². The standard InChI is InChI=1S/C9H18NO3/c1-10(5-3-4-6-10)7-8-13-9(11)12-2/h3-8H2,1-2H3/q+1. The van der Waals surface area contributed by atoms with E-state index < -0.39 is 6.16 Å². The van der Waals surface area contributed by atoms with Crippen LogP contribution in [-0.2, 0) is 9.47 Å². The minimum absolute atomic E-state index is 0.461. The van der Waals surface area contributed by atoms with Gasteiger partial charge in [-0.25, -0.2) is 4.79 Å². The monoisotopic (exact) mass is 188 g/mol. The van der Waals surface area contributed by atoms with Crippen LogP contribution in [0.25, 0.3) is 0 Å². The van der Waals surface area contributed by atoms with Gasteiger partial charge in [0.15, 0.2) is 0 Å². The lowest BCUT2D eigenvalue weighted by Gasteiger charge is -2.28. The number of quaternary nitrogens is 1. The second-order valence-electron chi connectivity index (χ2n) is 3.80. The summed E-state index contributed by atoms with van der Waals surface area (Å²) in [6, 6.07) is 0. The zero-order valence-electron chi connectivity index (χ0n) is 8.41. The van der Waals surface area contributed by atoms with Gasteiger partial charge in [0.05, 0.1) is 27.2 Å². The van der Waals surface area contributed by atoms with Crippen LogP contribution < -0.4 is 0 Å². The quantitative estimate of drug-likeness (QED) is 0.490. The highest BCUT2D eigenvalue weighted by Crippen LogP contribution is 2.15. The van der Waals surface area contributed by atoms with Crippen molar-refractivity contribution in [2.45, 2.75) is 12.8 Å². The summed E-state index contributed by atoms with van der Waals surface area (Å²) in [6.07, 6.45) is 1.99. The van der Waals surface area contributed by atoms with Gasteiger partial charge in [0, 0.05) is 12.8 Å². The molecular weight excluding hydrogens is 170 g/mol. The lowest BCUT2D eigenvalue weighted by molar-refractivity contribution is -0.897. The Hall–Kier alpha value is -0.770. The molecule has 1 saturated heterocycles. The van der Waals surface area contributed by atoms with E-state index in [1.54, 1.807) is 0 Å². The van der Waals surface area contributed by atoms with Crippen molar-refractivity contribution in [2.75, 3.05) is 40.4 Å². The molecule has 1 aliphatic rings. The van der Waals surface area contributed by atoms with Gasteiger partial charge in [-0.05, 0) is 0 Å². The molecule has 1 rings (SSSR count). The Morgan fingerprint density at radius 3 is 2.54 bits per heavy atom. The molecule has 0 aromatic rings. The minimum Gasteiger partial charge on any atom is -0.438 e. The smallest absolute Gasteiger partial charge is 0.438 e. The number of likely N-dealkylation sites (tertiary alicyclic amines) is 1. The van der Waals surface area contributed by atoms with Gasteiger partial charge in [-0.1, -0.05) is 0 Å². The van der Waals surface area contributed by atoms with Crippen LogP contribution >= 0.6 is 0 Å². The molecular formula is C9H18NO3+. The van der Waals surface area contributed by atoms with Crippen molar-refractivity contribution < 1.29 is 18.8 Å². The van der Waals surface area contributed by atoms with E-state index in [9.17, 15) is 4.79 Å². The zero-order chi connectivity index (χ0) is 9.73. The van der Waals surface area contributed by atoms with E-state index in [0.717, 1.165) is 11.0 Å². The van der Waals surface area contributed by atoms with Gasteiger partial charge >= 0.3 is 6.16 Å². The predicted molar refractivity (Wildman–Crippen MR) is 48.4 cm³/mol. The number of methoxy groups -OCH3 is 1. The first-order valence-corrected chi connectivity index (χ1v) is 4.71. The molecule has 4 nitrogen and oxygen atoms in total. The van der Waals surface area contributed by atoms with E-state index in [4.69, 9.17) is 4.74 Å². The molecule has 0 aliphatic carbocycles. The fourth-order valence-corrected chi connectivity index (χ4v) is 1.73. The number of rotatable bonds is 3. The Labute approximate surface area is 79.0 Å². The van der Waals surface area contributed by atoms with Gasteiger partial charge in [-0.15, -0.1) is 0 Å². The number of ether oxygens (including phenoxy) is 2. The molecule has 4 heteroatoms. The number of carbonyl (C=O) groups is 1. The van der Waals surface area contributed by atoms with Crippen LogP contribution in [0.2, 0.25) is 0 Å². The van der Waals surface area contributed by atoms with Crippen molar-refractivity contribution in [3.05, 3.63) is 0 Å². The molecule has 0 unspecified atom stereocenters. The summed E-state index contributed by atoms with van der Waals surface area (Å²) in [5, 5.41) is 0. The third-order valence-corrected chi connectivity index (χ3v) is 2.66. The maximum Gasteiger partial charge on any atom is 0.508 e. The predicted octanol–water partition coefficient (Wildman–Crippen LogP) is 1.01. The number of hydrogen-bond acceptors (Lipinski definition) is 3. The molecule has 0 spiro atoms. The van der Waals surface area contributed by atoms with Crippen LogP contribution in [0.15, 0.2) is 0 Å². The lowest BCUT2D eigenvalue weighted by Crippen LogP contribution is -2.43. The highest BCUT2D eigenvalue weighted by Gasteiger charge is 2.26. The van der Waals surface area contributed by atoms with Gasteiger partial charge < -0.3 is 14.0 Å². The lowest BCUT2D eigenvalue weighted by atomic mass is 10.4. The Bertz CT molecular complexity index is 176. The largest absolute Gasteiger partial charge is 0.508 e. The number of hydrogen-bond donors (Lipinski definition) is 0. The Kier molecular flexibility index (Phi) is 3.54. The fraction of sp³-hybridized carbons (Fsp3) is 0.889. The van der Waals surface area contributed by atoms with Crippen LogP contribution in [0.1, 0.15) is 12.8 Å². The molecule has 0 atom stereocenters. The average molecular weight is 188 g/mol.